The van der Waals surface area contributed by atoms with Crippen LogP contribution in [0.5, 0.6) is 0 Å². The molecule has 0 bridgehead atoms. The molecule has 0 atom stereocenters. The third kappa shape index (κ3) is 3.65. The lowest BCUT2D eigenvalue weighted by Gasteiger charge is -2.08. The standard InChI is InChI=1S/C16H16FNO/c1-11-3-4-13(12(2)9-11)10-16(19)18-15-7-5-14(17)6-8-15/h3-9H,10H2,1-2H3,(H,18,19). The Hall–Kier alpha value is -2.16. The van der Waals surface area contributed by atoms with Crippen molar-refractivity contribution in [2.45, 2.75) is 20.3 Å². The predicted molar refractivity (Wildman–Crippen MR) is 74.6 cm³/mol. The number of carbonyl (C=O) groups excluding carboxylic acids is 1. The summed E-state index contributed by atoms with van der Waals surface area (Å²) in [6, 6.07) is 11.8. The molecule has 1 amide bonds. The largest absolute Gasteiger partial charge is 0.326 e. The normalized spacial score (nSPS) is 10.3. The highest BCUT2D eigenvalue weighted by atomic mass is 19.1. The highest BCUT2D eigenvalue weighted by Gasteiger charge is 2.06. The van der Waals surface area contributed by atoms with Gasteiger partial charge >= 0.3 is 0 Å². The zero-order valence-corrected chi connectivity index (χ0v) is 11.0. The first-order valence-electron chi connectivity index (χ1n) is 6.16. The van der Waals surface area contributed by atoms with Crippen molar-refractivity contribution in [3.8, 4) is 0 Å². The van der Waals surface area contributed by atoms with E-state index in [2.05, 4.69) is 11.4 Å². The molecule has 0 unspecified atom stereocenters. The molecule has 0 spiro atoms. The van der Waals surface area contributed by atoms with Crippen LogP contribution in [0, 0.1) is 19.7 Å². The first-order valence-corrected chi connectivity index (χ1v) is 6.16. The summed E-state index contributed by atoms with van der Waals surface area (Å²) in [5.41, 5.74) is 3.90. The molecule has 0 aromatic heterocycles. The maximum absolute atomic E-state index is 12.7. The van der Waals surface area contributed by atoms with Crippen molar-refractivity contribution in [1.82, 2.24) is 0 Å². The fourth-order valence-electron chi connectivity index (χ4n) is 1.96. The maximum Gasteiger partial charge on any atom is 0.228 e. The van der Waals surface area contributed by atoms with E-state index in [1.54, 1.807) is 12.1 Å². The molecular formula is C16H16FNO. The van der Waals surface area contributed by atoms with Gasteiger partial charge in [-0.3, -0.25) is 4.79 Å². The van der Waals surface area contributed by atoms with Gasteiger partial charge in [0.2, 0.25) is 5.91 Å². The van der Waals surface area contributed by atoms with Crippen LogP contribution < -0.4 is 5.32 Å². The number of hydrogen-bond acceptors (Lipinski definition) is 1. The van der Waals surface area contributed by atoms with E-state index in [-0.39, 0.29) is 11.7 Å². The molecule has 0 radical (unpaired) electrons. The molecule has 0 aliphatic heterocycles. The Morgan fingerprint density at radius 1 is 1.11 bits per heavy atom. The highest BCUT2D eigenvalue weighted by Crippen LogP contribution is 2.13. The summed E-state index contributed by atoms with van der Waals surface area (Å²) in [5.74, 6) is -0.411. The summed E-state index contributed by atoms with van der Waals surface area (Å²) < 4.78 is 12.7. The van der Waals surface area contributed by atoms with Gasteiger partial charge in [0.05, 0.1) is 6.42 Å². The second-order valence-electron chi connectivity index (χ2n) is 4.66. The Kier molecular flexibility index (Phi) is 3.95. The van der Waals surface area contributed by atoms with Crippen LogP contribution in [0.15, 0.2) is 42.5 Å². The van der Waals surface area contributed by atoms with Gasteiger partial charge in [-0.1, -0.05) is 23.8 Å². The van der Waals surface area contributed by atoms with E-state index in [9.17, 15) is 9.18 Å². The topological polar surface area (TPSA) is 29.1 Å². The molecule has 2 aromatic rings. The van der Waals surface area contributed by atoms with Gasteiger partial charge in [-0.15, -0.1) is 0 Å². The van der Waals surface area contributed by atoms with E-state index in [0.29, 0.717) is 12.1 Å². The summed E-state index contributed by atoms with van der Waals surface area (Å²) in [4.78, 5) is 11.9. The van der Waals surface area contributed by atoms with Crippen molar-refractivity contribution >= 4 is 11.6 Å². The quantitative estimate of drug-likeness (QED) is 0.894. The van der Waals surface area contributed by atoms with Crippen molar-refractivity contribution < 1.29 is 9.18 Å². The van der Waals surface area contributed by atoms with Crippen molar-refractivity contribution in [3.63, 3.8) is 0 Å². The molecule has 0 aliphatic rings. The summed E-state index contributed by atoms with van der Waals surface area (Å²) in [5, 5.41) is 2.75. The van der Waals surface area contributed by atoms with E-state index in [1.165, 1.54) is 17.7 Å². The average molecular weight is 257 g/mol. The number of anilines is 1. The second-order valence-corrected chi connectivity index (χ2v) is 4.66. The van der Waals surface area contributed by atoms with Gasteiger partial charge in [0.15, 0.2) is 0 Å². The minimum Gasteiger partial charge on any atom is -0.326 e. The average Bonchev–Trinajstić information content (AvgIpc) is 2.36. The number of amides is 1. The Balaban J connectivity index is 2.03. The second kappa shape index (κ2) is 5.65. The van der Waals surface area contributed by atoms with Gasteiger partial charge in [0.25, 0.3) is 0 Å². The first-order chi connectivity index (χ1) is 9.04. The lowest BCUT2D eigenvalue weighted by Crippen LogP contribution is -2.15. The van der Waals surface area contributed by atoms with Crippen LogP contribution in [-0.4, -0.2) is 5.91 Å². The molecule has 2 nitrogen and oxygen atoms in total. The number of hydrogen-bond donors (Lipinski definition) is 1. The molecule has 98 valence electrons. The lowest BCUT2D eigenvalue weighted by molar-refractivity contribution is -0.115. The Morgan fingerprint density at radius 2 is 1.79 bits per heavy atom. The van der Waals surface area contributed by atoms with Gasteiger partial charge in [-0.25, -0.2) is 4.39 Å². The SMILES string of the molecule is Cc1ccc(CC(=O)Nc2ccc(F)cc2)c(C)c1. The molecule has 3 heteroatoms. The van der Waals surface area contributed by atoms with Crippen molar-refractivity contribution in [3.05, 3.63) is 65.0 Å². The minimum atomic E-state index is -0.313. The third-order valence-electron chi connectivity index (χ3n) is 2.98. The number of halogens is 1. The van der Waals surface area contributed by atoms with Gasteiger partial charge in [0, 0.05) is 5.69 Å². The van der Waals surface area contributed by atoms with Crippen molar-refractivity contribution in [2.24, 2.45) is 0 Å². The van der Waals surface area contributed by atoms with Crippen LogP contribution in [-0.2, 0) is 11.2 Å². The fraction of sp³-hybridized carbons (Fsp3) is 0.188. The zero-order valence-electron chi connectivity index (χ0n) is 11.0. The summed E-state index contributed by atoms with van der Waals surface area (Å²) in [6.07, 6.45) is 0.323. The molecule has 0 saturated carbocycles. The zero-order chi connectivity index (χ0) is 13.8. The van der Waals surface area contributed by atoms with E-state index in [4.69, 9.17) is 0 Å². The van der Waals surface area contributed by atoms with E-state index in [0.717, 1.165) is 11.1 Å². The van der Waals surface area contributed by atoms with Crippen LogP contribution in [0.2, 0.25) is 0 Å². The maximum atomic E-state index is 12.7. The van der Waals surface area contributed by atoms with Gasteiger partial charge in [-0.05, 0) is 49.2 Å². The predicted octanol–water partition coefficient (Wildman–Crippen LogP) is 3.62. The molecule has 2 rings (SSSR count). The Morgan fingerprint density at radius 3 is 2.42 bits per heavy atom. The molecule has 0 fully saturated rings. The smallest absolute Gasteiger partial charge is 0.228 e. The highest BCUT2D eigenvalue weighted by molar-refractivity contribution is 5.92. The van der Waals surface area contributed by atoms with Crippen LogP contribution in [0.4, 0.5) is 10.1 Å². The summed E-state index contributed by atoms with van der Waals surface area (Å²) in [6.45, 7) is 4.02. The lowest BCUT2D eigenvalue weighted by atomic mass is 10.0. The molecule has 0 heterocycles. The molecule has 1 N–H and O–H groups in total. The van der Waals surface area contributed by atoms with E-state index in [1.807, 2.05) is 26.0 Å². The van der Waals surface area contributed by atoms with Crippen molar-refractivity contribution in [1.29, 1.82) is 0 Å². The summed E-state index contributed by atoms with van der Waals surface area (Å²) in [7, 11) is 0. The van der Waals surface area contributed by atoms with E-state index < -0.39 is 0 Å². The number of rotatable bonds is 3. The Labute approximate surface area is 112 Å². The van der Waals surface area contributed by atoms with Crippen molar-refractivity contribution in [2.75, 3.05) is 5.32 Å². The molecule has 0 saturated heterocycles. The molecular weight excluding hydrogens is 241 g/mol. The minimum absolute atomic E-state index is 0.0986. The van der Waals surface area contributed by atoms with Gasteiger partial charge < -0.3 is 5.32 Å². The Bertz CT molecular complexity index is 590. The van der Waals surface area contributed by atoms with Crippen LogP contribution >= 0.6 is 0 Å². The summed E-state index contributed by atoms with van der Waals surface area (Å²) >= 11 is 0. The number of benzene rings is 2. The molecule has 0 aliphatic carbocycles. The van der Waals surface area contributed by atoms with E-state index >= 15 is 0 Å². The number of carbonyl (C=O) groups is 1. The van der Waals surface area contributed by atoms with Crippen LogP contribution in [0.1, 0.15) is 16.7 Å². The number of aryl methyl sites for hydroxylation is 2. The third-order valence-corrected chi connectivity index (χ3v) is 2.98. The molecule has 19 heavy (non-hydrogen) atoms. The fourth-order valence-corrected chi connectivity index (χ4v) is 1.96. The van der Waals surface area contributed by atoms with Crippen LogP contribution in [0.25, 0.3) is 0 Å². The van der Waals surface area contributed by atoms with Gasteiger partial charge in [0.1, 0.15) is 5.82 Å². The first kappa shape index (κ1) is 13.3. The monoisotopic (exact) mass is 257 g/mol. The number of nitrogens with one attached hydrogen (secondary N) is 1. The molecule has 2 aromatic carbocycles. The van der Waals surface area contributed by atoms with Crippen LogP contribution in [0.3, 0.4) is 0 Å². The van der Waals surface area contributed by atoms with Gasteiger partial charge in [-0.2, -0.15) is 0 Å².